The molecular formula is C24H24N2O6. The molecule has 2 aromatic rings. The Morgan fingerprint density at radius 2 is 1.75 bits per heavy atom. The van der Waals surface area contributed by atoms with Crippen LogP contribution in [0.2, 0.25) is 0 Å². The van der Waals surface area contributed by atoms with E-state index in [1.165, 1.54) is 12.2 Å². The van der Waals surface area contributed by atoms with Gasteiger partial charge in [0.05, 0.1) is 6.61 Å². The zero-order chi connectivity index (χ0) is 22.6. The lowest BCUT2D eigenvalue weighted by Gasteiger charge is -2.22. The number of amides is 2. The fourth-order valence-electron chi connectivity index (χ4n) is 4.12. The normalized spacial score (nSPS) is 19.4. The molecule has 1 aliphatic heterocycles. The smallest absolute Gasteiger partial charge is 0.407 e. The Hall–Kier alpha value is -3.65. The fourth-order valence-corrected chi connectivity index (χ4v) is 4.12. The van der Waals surface area contributed by atoms with E-state index in [4.69, 9.17) is 9.47 Å². The van der Waals surface area contributed by atoms with E-state index in [9.17, 15) is 19.5 Å². The predicted octanol–water partition coefficient (Wildman–Crippen LogP) is 2.44. The maximum atomic E-state index is 12.1. The molecule has 2 aliphatic rings. The van der Waals surface area contributed by atoms with E-state index in [-0.39, 0.29) is 38.7 Å². The van der Waals surface area contributed by atoms with Gasteiger partial charge in [0.1, 0.15) is 6.61 Å². The third kappa shape index (κ3) is 4.36. The van der Waals surface area contributed by atoms with Crippen LogP contribution in [0.4, 0.5) is 4.79 Å². The van der Waals surface area contributed by atoms with E-state index in [1.54, 1.807) is 0 Å². The zero-order valence-corrected chi connectivity index (χ0v) is 17.4. The van der Waals surface area contributed by atoms with Gasteiger partial charge in [-0.1, -0.05) is 54.6 Å². The van der Waals surface area contributed by atoms with Crippen molar-refractivity contribution < 1.29 is 29.0 Å². The van der Waals surface area contributed by atoms with E-state index in [0.29, 0.717) is 0 Å². The van der Waals surface area contributed by atoms with Gasteiger partial charge in [0.15, 0.2) is 5.54 Å². The molecule has 0 spiro atoms. The second-order valence-corrected chi connectivity index (χ2v) is 7.79. The van der Waals surface area contributed by atoms with Crippen LogP contribution in [0.15, 0.2) is 60.7 Å². The highest BCUT2D eigenvalue weighted by atomic mass is 16.5. The molecule has 4 rings (SSSR count). The molecule has 0 bridgehead atoms. The van der Waals surface area contributed by atoms with Gasteiger partial charge < -0.3 is 25.2 Å². The molecule has 2 aromatic carbocycles. The number of alkyl carbamates (subject to hydrolysis) is 1. The summed E-state index contributed by atoms with van der Waals surface area (Å²) in [6.07, 6.45) is 2.23. The summed E-state index contributed by atoms with van der Waals surface area (Å²) in [5, 5.41) is 14.4. The average Bonchev–Trinajstić information content (AvgIpc) is 3.39. The van der Waals surface area contributed by atoms with E-state index in [1.807, 2.05) is 36.4 Å². The van der Waals surface area contributed by atoms with Gasteiger partial charge in [-0.25, -0.2) is 9.59 Å². The second kappa shape index (κ2) is 9.23. The number of benzene rings is 2. The topological polar surface area (TPSA) is 114 Å². The Labute approximate surface area is 185 Å². The minimum Gasteiger partial charge on any atom is -0.479 e. The quantitative estimate of drug-likeness (QED) is 0.575. The number of aliphatic carboxylic acids is 1. The van der Waals surface area contributed by atoms with Crippen molar-refractivity contribution >= 4 is 18.0 Å². The number of carbonyl (C=O) groups excluding carboxylic acids is 2. The van der Waals surface area contributed by atoms with E-state index < -0.39 is 23.5 Å². The second-order valence-electron chi connectivity index (χ2n) is 7.79. The molecular weight excluding hydrogens is 412 g/mol. The fraction of sp³-hybridized carbons (Fsp3) is 0.292. The summed E-state index contributed by atoms with van der Waals surface area (Å²) in [6, 6.07) is 16.1. The van der Waals surface area contributed by atoms with Crippen molar-refractivity contribution in [1.82, 2.24) is 10.6 Å². The number of carboxylic acids is 1. The molecule has 1 atom stereocenters. The molecule has 3 N–H and O–H groups in total. The maximum absolute atomic E-state index is 12.1. The monoisotopic (exact) mass is 436 g/mol. The molecule has 1 unspecified atom stereocenters. The van der Waals surface area contributed by atoms with Crippen molar-refractivity contribution in [2.75, 3.05) is 26.4 Å². The van der Waals surface area contributed by atoms with Gasteiger partial charge in [-0.2, -0.15) is 0 Å². The molecule has 1 heterocycles. The highest BCUT2D eigenvalue weighted by molar-refractivity contribution is 5.93. The Kier molecular flexibility index (Phi) is 6.23. The van der Waals surface area contributed by atoms with E-state index >= 15 is 0 Å². The molecule has 1 aliphatic carbocycles. The minimum absolute atomic E-state index is 0.0321. The Morgan fingerprint density at radius 3 is 2.34 bits per heavy atom. The summed E-state index contributed by atoms with van der Waals surface area (Å²) in [4.78, 5) is 35.6. The van der Waals surface area contributed by atoms with Crippen LogP contribution in [-0.2, 0) is 19.1 Å². The number of nitrogens with one attached hydrogen (secondary N) is 2. The van der Waals surface area contributed by atoms with Crippen molar-refractivity contribution in [3.63, 3.8) is 0 Å². The van der Waals surface area contributed by atoms with Gasteiger partial charge in [0, 0.05) is 31.6 Å². The summed E-state index contributed by atoms with van der Waals surface area (Å²) < 4.78 is 10.5. The van der Waals surface area contributed by atoms with Crippen LogP contribution in [0.3, 0.4) is 0 Å². The number of ether oxygens (including phenoxy) is 2. The standard InChI is InChI=1S/C24H24N2O6/c27-21(26-24(22(28)29)11-13-31-15-24)10-5-12-25-23(30)32-14-20-18-8-3-1-6-16(18)17-7-2-4-9-19(17)20/h1-10,20H,11-15H2,(H,25,30)(H,26,27)(H,28,29)/b10-5+. The lowest BCUT2D eigenvalue weighted by Crippen LogP contribution is -2.54. The lowest BCUT2D eigenvalue weighted by molar-refractivity contribution is -0.147. The molecule has 1 fully saturated rings. The first-order valence-electron chi connectivity index (χ1n) is 10.4. The van der Waals surface area contributed by atoms with Crippen LogP contribution in [0, 0.1) is 0 Å². The number of hydrogen-bond acceptors (Lipinski definition) is 5. The van der Waals surface area contributed by atoms with Gasteiger partial charge in [-0.3, -0.25) is 4.79 Å². The summed E-state index contributed by atoms with van der Waals surface area (Å²) in [7, 11) is 0. The summed E-state index contributed by atoms with van der Waals surface area (Å²) >= 11 is 0. The Bertz CT molecular complexity index is 1010. The van der Waals surface area contributed by atoms with Crippen LogP contribution in [0.25, 0.3) is 11.1 Å². The van der Waals surface area contributed by atoms with Crippen LogP contribution in [-0.4, -0.2) is 55.0 Å². The van der Waals surface area contributed by atoms with Gasteiger partial charge >= 0.3 is 12.1 Å². The number of carbonyl (C=O) groups is 3. The highest BCUT2D eigenvalue weighted by Gasteiger charge is 2.43. The van der Waals surface area contributed by atoms with Crippen LogP contribution in [0.1, 0.15) is 23.5 Å². The number of carboxylic acid groups (broad SMARTS) is 1. The first-order chi connectivity index (χ1) is 15.5. The Balaban J connectivity index is 1.26. The van der Waals surface area contributed by atoms with Crippen molar-refractivity contribution in [1.29, 1.82) is 0 Å². The third-order valence-corrected chi connectivity index (χ3v) is 5.77. The molecule has 32 heavy (non-hydrogen) atoms. The molecule has 0 radical (unpaired) electrons. The first kappa shape index (κ1) is 21.6. The molecule has 0 aromatic heterocycles. The highest BCUT2D eigenvalue weighted by Crippen LogP contribution is 2.44. The minimum atomic E-state index is -1.40. The summed E-state index contributed by atoms with van der Waals surface area (Å²) in [6.45, 7) is 0.478. The Morgan fingerprint density at radius 1 is 1.09 bits per heavy atom. The summed E-state index contributed by atoms with van der Waals surface area (Å²) in [5.74, 6) is -1.73. The van der Waals surface area contributed by atoms with Crippen molar-refractivity contribution in [2.45, 2.75) is 17.9 Å². The average molecular weight is 436 g/mol. The number of rotatable bonds is 7. The van der Waals surface area contributed by atoms with E-state index in [0.717, 1.165) is 22.3 Å². The van der Waals surface area contributed by atoms with Crippen LogP contribution >= 0.6 is 0 Å². The first-order valence-corrected chi connectivity index (χ1v) is 10.4. The molecule has 8 heteroatoms. The molecule has 166 valence electrons. The predicted molar refractivity (Wildman–Crippen MR) is 116 cm³/mol. The lowest BCUT2D eigenvalue weighted by atomic mass is 9.98. The number of hydrogen-bond donors (Lipinski definition) is 3. The van der Waals surface area contributed by atoms with Gasteiger partial charge in [-0.05, 0) is 22.3 Å². The van der Waals surface area contributed by atoms with Gasteiger partial charge in [0.25, 0.3) is 0 Å². The van der Waals surface area contributed by atoms with Crippen LogP contribution < -0.4 is 10.6 Å². The van der Waals surface area contributed by atoms with Crippen molar-refractivity contribution in [2.24, 2.45) is 0 Å². The molecule has 8 nitrogen and oxygen atoms in total. The maximum Gasteiger partial charge on any atom is 0.407 e. The molecule has 0 saturated carbocycles. The third-order valence-electron chi connectivity index (χ3n) is 5.77. The molecule has 1 saturated heterocycles. The number of fused-ring (bicyclic) bond motifs is 3. The van der Waals surface area contributed by atoms with Crippen LogP contribution in [0.5, 0.6) is 0 Å². The van der Waals surface area contributed by atoms with Gasteiger partial charge in [-0.15, -0.1) is 0 Å². The van der Waals surface area contributed by atoms with Gasteiger partial charge in [0.2, 0.25) is 5.91 Å². The molecule has 2 amide bonds. The van der Waals surface area contributed by atoms with Crippen molar-refractivity contribution in [3.05, 3.63) is 71.8 Å². The summed E-state index contributed by atoms with van der Waals surface area (Å²) in [5.41, 5.74) is 3.15. The zero-order valence-electron chi connectivity index (χ0n) is 17.4. The SMILES string of the molecule is O=C(/C=C/CNC(=O)OCC1c2ccccc2-c2ccccc21)NC1(C(=O)O)CCOC1. The van der Waals surface area contributed by atoms with Crippen molar-refractivity contribution in [3.8, 4) is 11.1 Å². The van der Waals surface area contributed by atoms with E-state index in [2.05, 4.69) is 22.8 Å². The largest absolute Gasteiger partial charge is 0.479 e.